The third-order valence-corrected chi connectivity index (χ3v) is 5.07. The number of carbonyl (C=O) groups is 1. The molecule has 0 bridgehead atoms. The van der Waals surface area contributed by atoms with Gasteiger partial charge in [0.1, 0.15) is 5.84 Å². The molecule has 0 atom stereocenters. The summed E-state index contributed by atoms with van der Waals surface area (Å²) in [6, 6.07) is 15.8. The Kier molecular flexibility index (Phi) is 6.35. The minimum Gasteiger partial charge on any atom is -0.386 e. The highest BCUT2D eigenvalue weighted by Crippen LogP contribution is 2.22. The lowest BCUT2D eigenvalue weighted by Gasteiger charge is -2.36. The van der Waals surface area contributed by atoms with Crippen LogP contribution >= 0.6 is 11.6 Å². The normalized spacial score (nSPS) is 15.1. The highest BCUT2D eigenvalue weighted by molar-refractivity contribution is 6.28. The van der Waals surface area contributed by atoms with E-state index in [9.17, 15) is 4.79 Å². The minimum atomic E-state index is 0.110. The number of aliphatic imine (C=N–C) groups is 1. The van der Waals surface area contributed by atoms with Gasteiger partial charge in [-0.3, -0.25) is 4.79 Å². The second-order valence-electron chi connectivity index (χ2n) is 6.58. The van der Waals surface area contributed by atoms with E-state index < -0.39 is 0 Å². The van der Waals surface area contributed by atoms with Crippen LogP contribution in [0.4, 0.5) is 11.4 Å². The lowest BCUT2D eigenvalue weighted by Crippen LogP contribution is -2.48. The van der Waals surface area contributed by atoms with Crippen molar-refractivity contribution >= 4 is 34.7 Å². The van der Waals surface area contributed by atoms with Gasteiger partial charge in [0.2, 0.25) is 0 Å². The van der Waals surface area contributed by atoms with E-state index in [2.05, 4.69) is 16.8 Å². The summed E-state index contributed by atoms with van der Waals surface area (Å²) in [5.74, 6) is 0.737. The number of nitrogens with two attached hydrogens (primary N) is 1. The minimum absolute atomic E-state index is 0.110. The average molecular weight is 385 g/mol. The summed E-state index contributed by atoms with van der Waals surface area (Å²) in [5.41, 5.74) is 9.59. The Morgan fingerprint density at radius 3 is 2.22 bits per heavy atom. The van der Waals surface area contributed by atoms with Gasteiger partial charge in [0.15, 0.2) is 0 Å². The van der Waals surface area contributed by atoms with Crippen LogP contribution in [0.1, 0.15) is 22.8 Å². The third-order valence-electron chi connectivity index (χ3n) is 4.80. The molecule has 0 saturated carbocycles. The van der Waals surface area contributed by atoms with Gasteiger partial charge < -0.3 is 15.5 Å². The molecule has 0 radical (unpaired) electrons. The summed E-state index contributed by atoms with van der Waals surface area (Å²) < 4.78 is 0. The average Bonchev–Trinajstić information content (AvgIpc) is 2.74. The van der Waals surface area contributed by atoms with Gasteiger partial charge in [-0.05, 0) is 48.4 Å². The molecule has 142 valence electrons. The van der Waals surface area contributed by atoms with Crippen molar-refractivity contribution in [1.82, 2.24) is 4.90 Å². The molecule has 0 spiro atoms. The van der Waals surface area contributed by atoms with Crippen molar-refractivity contribution in [3.8, 4) is 0 Å². The first-order valence-corrected chi connectivity index (χ1v) is 9.76. The quantitative estimate of drug-likeness (QED) is 0.488. The van der Waals surface area contributed by atoms with E-state index in [0.29, 0.717) is 18.9 Å². The van der Waals surface area contributed by atoms with Crippen molar-refractivity contribution in [2.24, 2.45) is 10.7 Å². The molecular formula is C21H25ClN4O. The Hall–Kier alpha value is -2.53. The van der Waals surface area contributed by atoms with E-state index in [0.717, 1.165) is 36.4 Å². The zero-order valence-corrected chi connectivity index (χ0v) is 16.3. The van der Waals surface area contributed by atoms with Crippen molar-refractivity contribution in [3.63, 3.8) is 0 Å². The Bertz CT molecular complexity index is 794. The Labute approximate surface area is 165 Å². The molecule has 1 saturated heterocycles. The summed E-state index contributed by atoms with van der Waals surface area (Å²) in [6.07, 6.45) is 0.982. The number of carbonyl (C=O) groups excluding carboxylic acids is 1. The predicted octanol–water partition coefficient (Wildman–Crippen LogP) is 3.44. The maximum Gasteiger partial charge on any atom is 0.253 e. The SMILES string of the molecule is CCc1ccc(C(=O)N2CCN(c3ccc(N=C(N)CCl)cc3)CC2)cc1. The fourth-order valence-corrected chi connectivity index (χ4v) is 3.23. The number of alkyl halides is 1. The zero-order valence-electron chi connectivity index (χ0n) is 15.6. The van der Waals surface area contributed by atoms with Crippen LogP contribution in [0, 0.1) is 0 Å². The standard InChI is InChI=1S/C21H25ClN4O/c1-2-16-3-5-17(6-4-16)21(27)26-13-11-25(12-14-26)19-9-7-18(8-10-19)24-20(23)15-22/h3-10H,2,11-15H2,1H3,(H2,23,24). The molecule has 2 aromatic rings. The second-order valence-corrected chi connectivity index (χ2v) is 6.85. The molecule has 1 aliphatic rings. The first kappa shape index (κ1) is 19.2. The van der Waals surface area contributed by atoms with E-state index in [4.69, 9.17) is 17.3 Å². The Morgan fingerprint density at radius 1 is 1.04 bits per heavy atom. The molecule has 0 aliphatic carbocycles. The number of amidine groups is 1. The van der Waals surface area contributed by atoms with Gasteiger partial charge in [0.25, 0.3) is 5.91 Å². The number of hydrogen-bond acceptors (Lipinski definition) is 3. The number of nitrogens with zero attached hydrogens (tertiary/aromatic N) is 3. The fourth-order valence-electron chi connectivity index (χ4n) is 3.17. The van der Waals surface area contributed by atoms with Crippen molar-refractivity contribution in [2.75, 3.05) is 37.0 Å². The van der Waals surface area contributed by atoms with E-state index in [-0.39, 0.29) is 11.8 Å². The van der Waals surface area contributed by atoms with Crippen LogP contribution in [-0.2, 0) is 6.42 Å². The largest absolute Gasteiger partial charge is 0.386 e. The fraction of sp³-hybridized carbons (Fsp3) is 0.333. The maximum absolute atomic E-state index is 12.7. The van der Waals surface area contributed by atoms with E-state index in [1.54, 1.807) is 0 Å². The summed E-state index contributed by atoms with van der Waals surface area (Å²) in [5, 5.41) is 0. The van der Waals surface area contributed by atoms with Gasteiger partial charge >= 0.3 is 0 Å². The molecule has 5 nitrogen and oxygen atoms in total. The van der Waals surface area contributed by atoms with E-state index >= 15 is 0 Å². The molecule has 3 rings (SSSR count). The molecular weight excluding hydrogens is 360 g/mol. The van der Waals surface area contributed by atoms with E-state index in [1.807, 2.05) is 53.4 Å². The smallest absolute Gasteiger partial charge is 0.253 e. The number of hydrogen-bond donors (Lipinski definition) is 1. The molecule has 27 heavy (non-hydrogen) atoms. The van der Waals surface area contributed by atoms with Gasteiger partial charge in [-0.2, -0.15) is 0 Å². The number of amides is 1. The molecule has 0 aromatic heterocycles. The van der Waals surface area contributed by atoms with Crippen LogP contribution in [0.3, 0.4) is 0 Å². The first-order valence-electron chi connectivity index (χ1n) is 9.23. The maximum atomic E-state index is 12.7. The number of rotatable bonds is 5. The zero-order chi connectivity index (χ0) is 19.2. The van der Waals surface area contributed by atoms with Gasteiger partial charge in [0, 0.05) is 37.4 Å². The summed E-state index contributed by atoms with van der Waals surface area (Å²) in [7, 11) is 0. The summed E-state index contributed by atoms with van der Waals surface area (Å²) in [4.78, 5) is 21.1. The number of benzene rings is 2. The van der Waals surface area contributed by atoms with Crippen LogP contribution in [0.5, 0.6) is 0 Å². The van der Waals surface area contributed by atoms with Crippen LogP contribution < -0.4 is 10.6 Å². The van der Waals surface area contributed by atoms with Crippen LogP contribution in [0.2, 0.25) is 0 Å². The van der Waals surface area contributed by atoms with Crippen LogP contribution in [0.25, 0.3) is 0 Å². The van der Waals surface area contributed by atoms with Gasteiger partial charge in [-0.25, -0.2) is 4.99 Å². The van der Waals surface area contributed by atoms with Crippen LogP contribution in [-0.4, -0.2) is 48.7 Å². The number of anilines is 1. The number of piperazine rings is 1. The molecule has 1 fully saturated rings. The topological polar surface area (TPSA) is 61.9 Å². The predicted molar refractivity (Wildman–Crippen MR) is 112 cm³/mol. The molecule has 0 unspecified atom stereocenters. The lowest BCUT2D eigenvalue weighted by atomic mass is 10.1. The summed E-state index contributed by atoms with van der Waals surface area (Å²) in [6.45, 7) is 5.17. The first-order chi connectivity index (χ1) is 13.1. The number of aryl methyl sites for hydroxylation is 1. The molecule has 1 amide bonds. The monoisotopic (exact) mass is 384 g/mol. The van der Waals surface area contributed by atoms with Gasteiger partial charge in [-0.15, -0.1) is 11.6 Å². The van der Waals surface area contributed by atoms with Crippen molar-refractivity contribution in [2.45, 2.75) is 13.3 Å². The Balaban J connectivity index is 1.58. The van der Waals surface area contributed by atoms with Crippen molar-refractivity contribution in [3.05, 3.63) is 59.7 Å². The third kappa shape index (κ3) is 4.80. The van der Waals surface area contributed by atoms with Crippen molar-refractivity contribution < 1.29 is 4.79 Å². The molecule has 2 N–H and O–H groups in total. The van der Waals surface area contributed by atoms with E-state index in [1.165, 1.54) is 5.56 Å². The van der Waals surface area contributed by atoms with Crippen LogP contribution in [0.15, 0.2) is 53.5 Å². The highest BCUT2D eigenvalue weighted by atomic mass is 35.5. The highest BCUT2D eigenvalue weighted by Gasteiger charge is 2.22. The van der Waals surface area contributed by atoms with Crippen molar-refractivity contribution in [1.29, 1.82) is 0 Å². The molecule has 6 heteroatoms. The summed E-state index contributed by atoms with van der Waals surface area (Å²) >= 11 is 5.66. The molecule has 2 aromatic carbocycles. The molecule has 1 aliphatic heterocycles. The van der Waals surface area contributed by atoms with Gasteiger partial charge in [0.05, 0.1) is 11.6 Å². The Morgan fingerprint density at radius 2 is 1.67 bits per heavy atom. The molecule has 1 heterocycles. The second kappa shape index (κ2) is 8.91. The van der Waals surface area contributed by atoms with Gasteiger partial charge in [-0.1, -0.05) is 19.1 Å². The number of halogens is 1. The lowest BCUT2D eigenvalue weighted by molar-refractivity contribution is 0.0747.